The molecule has 0 unspecified atom stereocenters. The Balaban J connectivity index is 2.29. The van der Waals surface area contributed by atoms with E-state index < -0.39 is 5.97 Å². The largest absolute Gasteiger partial charge is 0.493 e. The van der Waals surface area contributed by atoms with Gasteiger partial charge < -0.3 is 19.5 Å². The molecule has 0 atom stereocenters. The molecule has 1 aromatic carbocycles. The van der Waals surface area contributed by atoms with E-state index in [1.165, 1.54) is 14.2 Å². The van der Waals surface area contributed by atoms with Gasteiger partial charge in [0.15, 0.2) is 18.1 Å². The number of carbonyl (C=O) groups is 2. The molecule has 8 nitrogen and oxygen atoms in total. The van der Waals surface area contributed by atoms with Gasteiger partial charge in [-0.05, 0) is 39.0 Å². The zero-order valence-electron chi connectivity index (χ0n) is 19.0. The van der Waals surface area contributed by atoms with E-state index >= 15 is 0 Å². The van der Waals surface area contributed by atoms with E-state index in [0.717, 1.165) is 5.69 Å². The normalized spacial score (nSPS) is 11.7. The van der Waals surface area contributed by atoms with E-state index in [1.54, 1.807) is 18.2 Å². The van der Waals surface area contributed by atoms with Gasteiger partial charge in [0.1, 0.15) is 5.82 Å². The number of nitrogens with zero attached hydrogens (tertiary/aromatic N) is 2. The first-order valence-electron chi connectivity index (χ1n) is 9.67. The predicted molar refractivity (Wildman–Crippen MR) is 114 cm³/mol. The Morgan fingerprint density at radius 1 is 1.03 bits per heavy atom. The second-order valence-corrected chi connectivity index (χ2v) is 8.93. The van der Waals surface area contributed by atoms with Gasteiger partial charge >= 0.3 is 5.97 Å². The summed E-state index contributed by atoms with van der Waals surface area (Å²) in [6.45, 7) is 12.1. The molecule has 1 N–H and O–H groups in total. The first-order chi connectivity index (χ1) is 13.9. The number of anilines is 1. The van der Waals surface area contributed by atoms with Crippen molar-refractivity contribution < 1.29 is 23.8 Å². The Bertz CT molecular complexity index is 920. The lowest BCUT2D eigenvalue weighted by atomic mass is 9.92. The van der Waals surface area contributed by atoms with Gasteiger partial charge in [0, 0.05) is 17.0 Å². The molecule has 2 aromatic rings. The lowest BCUT2D eigenvalue weighted by Crippen LogP contribution is -2.27. The minimum absolute atomic E-state index is 0.155. The standard InChI is InChI=1S/C22H31N3O5/c1-21(2,3)17-12-18(25(24-17)22(4,5)6)23-20(27)14-9-10-15(16(11-14)28-7)30-13-19(26)29-8/h9-12H,13H2,1-8H3,(H,23,27). The summed E-state index contributed by atoms with van der Waals surface area (Å²) in [7, 11) is 2.75. The number of aromatic nitrogens is 2. The molecule has 1 heterocycles. The number of hydrogen-bond donors (Lipinski definition) is 1. The number of methoxy groups -OCH3 is 2. The second kappa shape index (κ2) is 8.77. The van der Waals surface area contributed by atoms with Crippen molar-refractivity contribution in [2.45, 2.75) is 52.5 Å². The van der Waals surface area contributed by atoms with Crippen LogP contribution in [0.2, 0.25) is 0 Å². The minimum Gasteiger partial charge on any atom is -0.493 e. The SMILES string of the molecule is COC(=O)COc1ccc(C(=O)Nc2cc(C(C)(C)C)nn2C(C)(C)C)cc1OC. The van der Waals surface area contributed by atoms with Crippen LogP contribution in [0.1, 0.15) is 57.6 Å². The summed E-state index contributed by atoms with van der Waals surface area (Å²) in [5, 5.41) is 7.66. The van der Waals surface area contributed by atoms with Gasteiger partial charge in [0.05, 0.1) is 25.5 Å². The number of esters is 1. The van der Waals surface area contributed by atoms with E-state index in [9.17, 15) is 9.59 Å². The quantitative estimate of drug-likeness (QED) is 0.720. The Morgan fingerprint density at radius 2 is 1.70 bits per heavy atom. The summed E-state index contributed by atoms with van der Waals surface area (Å²) in [4.78, 5) is 24.2. The van der Waals surface area contributed by atoms with Crippen molar-refractivity contribution in [3.8, 4) is 11.5 Å². The summed E-state index contributed by atoms with van der Waals surface area (Å²) in [6.07, 6.45) is 0. The predicted octanol–water partition coefficient (Wildman–Crippen LogP) is 3.75. The monoisotopic (exact) mass is 417 g/mol. The van der Waals surface area contributed by atoms with Crippen LogP contribution in [0.15, 0.2) is 24.3 Å². The summed E-state index contributed by atoms with van der Waals surface area (Å²) in [6, 6.07) is 6.64. The molecule has 164 valence electrons. The molecule has 1 aromatic heterocycles. The average Bonchev–Trinajstić information content (AvgIpc) is 3.10. The van der Waals surface area contributed by atoms with Crippen LogP contribution in [-0.4, -0.2) is 42.5 Å². The number of amides is 1. The van der Waals surface area contributed by atoms with Crippen LogP contribution in [0.4, 0.5) is 5.82 Å². The average molecular weight is 418 g/mol. The molecule has 0 saturated carbocycles. The van der Waals surface area contributed by atoms with E-state index in [-0.39, 0.29) is 23.5 Å². The highest BCUT2D eigenvalue weighted by molar-refractivity contribution is 6.04. The van der Waals surface area contributed by atoms with Crippen molar-refractivity contribution in [2.24, 2.45) is 0 Å². The van der Waals surface area contributed by atoms with Crippen molar-refractivity contribution in [3.05, 3.63) is 35.5 Å². The molecule has 0 spiro atoms. The van der Waals surface area contributed by atoms with Gasteiger partial charge in [0.25, 0.3) is 5.91 Å². The first-order valence-corrected chi connectivity index (χ1v) is 9.67. The highest BCUT2D eigenvalue weighted by atomic mass is 16.6. The van der Waals surface area contributed by atoms with Crippen molar-refractivity contribution in [2.75, 3.05) is 26.1 Å². The number of nitrogens with one attached hydrogen (secondary N) is 1. The fourth-order valence-corrected chi connectivity index (χ4v) is 2.66. The molecule has 0 radical (unpaired) electrons. The highest BCUT2D eigenvalue weighted by Gasteiger charge is 2.26. The Kier molecular flexibility index (Phi) is 6.80. The maximum atomic E-state index is 12.9. The van der Waals surface area contributed by atoms with Gasteiger partial charge in [0.2, 0.25) is 0 Å². The fourth-order valence-electron chi connectivity index (χ4n) is 2.66. The molecule has 0 bridgehead atoms. The second-order valence-electron chi connectivity index (χ2n) is 8.93. The van der Waals surface area contributed by atoms with Crippen LogP contribution in [0.25, 0.3) is 0 Å². The maximum absolute atomic E-state index is 12.9. The summed E-state index contributed by atoms with van der Waals surface area (Å²) < 4.78 is 17.1. The Labute approximate surface area is 177 Å². The number of rotatable bonds is 6. The van der Waals surface area contributed by atoms with E-state index in [4.69, 9.17) is 14.6 Å². The van der Waals surface area contributed by atoms with Gasteiger partial charge in [-0.1, -0.05) is 20.8 Å². The molecule has 0 saturated heterocycles. The van der Waals surface area contributed by atoms with Gasteiger partial charge in [-0.2, -0.15) is 5.10 Å². The molecular formula is C22H31N3O5. The minimum atomic E-state index is -0.510. The van der Waals surface area contributed by atoms with Crippen LogP contribution < -0.4 is 14.8 Å². The van der Waals surface area contributed by atoms with E-state index in [2.05, 4.69) is 30.8 Å². The molecule has 0 fully saturated rings. The topological polar surface area (TPSA) is 91.7 Å². The van der Waals surface area contributed by atoms with Crippen molar-refractivity contribution in [1.29, 1.82) is 0 Å². The molecule has 30 heavy (non-hydrogen) atoms. The van der Waals surface area contributed by atoms with Crippen LogP contribution in [0, 0.1) is 0 Å². The van der Waals surface area contributed by atoms with Crippen molar-refractivity contribution in [1.82, 2.24) is 9.78 Å². The summed E-state index contributed by atoms with van der Waals surface area (Å²) >= 11 is 0. The van der Waals surface area contributed by atoms with Crippen LogP contribution in [0.3, 0.4) is 0 Å². The smallest absolute Gasteiger partial charge is 0.343 e. The third-order valence-corrected chi connectivity index (χ3v) is 4.35. The number of carbonyl (C=O) groups excluding carboxylic acids is 2. The van der Waals surface area contributed by atoms with Crippen LogP contribution in [0.5, 0.6) is 11.5 Å². The zero-order chi connectivity index (χ0) is 22.7. The van der Waals surface area contributed by atoms with Gasteiger partial charge in [-0.15, -0.1) is 0 Å². The number of hydrogen-bond acceptors (Lipinski definition) is 6. The third-order valence-electron chi connectivity index (χ3n) is 4.35. The fraction of sp³-hybridized carbons (Fsp3) is 0.500. The number of benzene rings is 1. The third kappa shape index (κ3) is 5.52. The highest BCUT2D eigenvalue weighted by Crippen LogP contribution is 2.30. The lowest BCUT2D eigenvalue weighted by molar-refractivity contribution is -0.142. The first kappa shape index (κ1) is 23.3. The summed E-state index contributed by atoms with van der Waals surface area (Å²) in [5.74, 6) is 0.477. The molecule has 0 aliphatic carbocycles. The Morgan fingerprint density at radius 3 is 2.23 bits per heavy atom. The van der Waals surface area contributed by atoms with Crippen molar-refractivity contribution in [3.63, 3.8) is 0 Å². The van der Waals surface area contributed by atoms with Crippen LogP contribution in [-0.2, 0) is 20.5 Å². The zero-order valence-corrected chi connectivity index (χ0v) is 19.0. The van der Waals surface area contributed by atoms with Crippen molar-refractivity contribution >= 4 is 17.7 Å². The summed E-state index contributed by atoms with van der Waals surface area (Å²) in [5.41, 5.74) is 0.806. The molecule has 2 rings (SSSR count). The lowest BCUT2D eigenvalue weighted by Gasteiger charge is -2.23. The number of ether oxygens (including phenoxy) is 3. The van der Waals surface area contributed by atoms with Gasteiger partial charge in [-0.3, -0.25) is 4.79 Å². The Hall–Kier alpha value is -3.03. The van der Waals surface area contributed by atoms with E-state index in [0.29, 0.717) is 22.9 Å². The molecule has 0 aliphatic rings. The van der Waals surface area contributed by atoms with Gasteiger partial charge in [-0.25, -0.2) is 9.48 Å². The van der Waals surface area contributed by atoms with E-state index in [1.807, 2.05) is 31.5 Å². The molecular weight excluding hydrogens is 386 g/mol. The van der Waals surface area contributed by atoms with Crippen LogP contribution >= 0.6 is 0 Å². The maximum Gasteiger partial charge on any atom is 0.343 e. The molecule has 1 amide bonds. The molecule has 0 aliphatic heterocycles. The molecule has 8 heteroatoms.